The van der Waals surface area contributed by atoms with E-state index < -0.39 is 71.3 Å². The van der Waals surface area contributed by atoms with Crippen molar-refractivity contribution in [2.75, 3.05) is 33.2 Å². The van der Waals surface area contributed by atoms with Crippen LogP contribution in [0.1, 0.15) is 53.0 Å². The maximum atomic E-state index is 14.0. The number of nitrogens with two attached hydrogens (primary N) is 1. The highest BCUT2D eigenvalue weighted by atomic mass is 19.4. The monoisotopic (exact) mass is 658 g/mol. The molecule has 4 amide bonds. The number of hydrogen-bond acceptors (Lipinski definition) is 4. The first kappa shape index (κ1) is 34.7. The van der Waals surface area contributed by atoms with Crippen molar-refractivity contribution in [2.45, 2.75) is 51.0 Å². The normalized spacial score (nSPS) is 19.6. The number of alkyl halides is 6. The van der Waals surface area contributed by atoms with Gasteiger partial charge >= 0.3 is 24.2 Å². The Morgan fingerprint density at radius 3 is 1.96 bits per heavy atom. The molecule has 2 atom stereocenters. The summed E-state index contributed by atoms with van der Waals surface area (Å²) in [6.45, 7) is 1.60. The van der Waals surface area contributed by atoms with E-state index in [9.17, 15) is 49.9 Å². The van der Waals surface area contributed by atoms with Gasteiger partial charge in [-0.3, -0.25) is 19.2 Å². The number of nitrogens with zero attached hydrogens (tertiary/aromatic N) is 3. The van der Waals surface area contributed by atoms with Crippen molar-refractivity contribution in [1.29, 1.82) is 0 Å². The van der Waals surface area contributed by atoms with E-state index >= 15 is 0 Å². The number of piperidine rings is 2. The zero-order valence-electron chi connectivity index (χ0n) is 25.1. The Morgan fingerprint density at radius 1 is 0.870 bits per heavy atom. The first-order chi connectivity index (χ1) is 21.4. The van der Waals surface area contributed by atoms with Gasteiger partial charge in [0, 0.05) is 57.5 Å². The van der Waals surface area contributed by atoms with Crippen molar-refractivity contribution < 1.29 is 49.9 Å². The van der Waals surface area contributed by atoms with Crippen molar-refractivity contribution in [2.24, 2.45) is 17.6 Å². The predicted octanol–water partition coefficient (Wildman–Crippen LogP) is 4.49. The quantitative estimate of drug-likeness (QED) is 0.378. The second kappa shape index (κ2) is 13.3. The van der Waals surface area contributed by atoms with Crippen molar-refractivity contribution in [3.05, 3.63) is 70.0 Å². The summed E-state index contributed by atoms with van der Waals surface area (Å²) in [7, 11) is 1.28. The number of carbonyl (C=O) groups is 4. The second-order valence-corrected chi connectivity index (χ2v) is 11.8. The first-order valence-electron chi connectivity index (χ1n) is 14.5. The largest absolute Gasteiger partial charge is 0.416 e. The summed E-state index contributed by atoms with van der Waals surface area (Å²) < 4.78 is 94.5. The van der Waals surface area contributed by atoms with E-state index in [1.807, 2.05) is 0 Å². The first-order valence-corrected chi connectivity index (χ1v) is 14.5. The van der Waals surface area contributed by atoms with Crippen LogP contribution < -0.4 is 5.73 Å². The number of carbonyl (C=O) groups excluding carboxylic acids is 4. The number of benzene rings is 2. The fraction of sp³-hybridized carbons (Fsp3) is 0.484. The van der Waals surface area contributed by atoms with Crippen LogP contribution in [0, 0.1) is 24.6 Å². The van der Waals surface area contributed by atoms with Gasteiger partial charge in [0.15, 0.2) is 0 Å². The lowest BCUT2D eigenvalue weighted by Crippen LogP contribution is -2.51. The molecule has 0 bridgehead atoms. The lowest BCUT2D eigenvalue weighted by Gasteiger charge is -2.42. The third-order valence-electron chi connectivity index (χ3n) is 8.66. The standard InChI is InChI=1S/C31H33F7N4O4/c1-17-11-22(32)3-4-23(17)25-16-42(27(44)19-5-8-41(9-6-19)29(46)26(39)43)10-7-24(25)28(45)40(2)15-18-12-20(30(33,34)35)14-21(13-18)31(36,37)38/h3-4,11-14,19,24-25H,5-10,15-16H2,1-2H3,(H2,39,43)/t24-,25+/m1/s1. The Bertz CT molecular complexity index is 1470. The summed E-state index contributed by atoms with van der Waals surface area (Å²) in [5.74, 6) is -5.16. The van der Waals surface area contributed by atoms with Crippen molar-refractivity contribution in [1.82, 2.24) is 14.7 Å². The molecule has 0 radical (unpaired) electrons. The van der Waals surface area contributed by atoms with Crippen LogP contribution in [0.25, 0.3) is 0 Å². The SMILES string of the molecule is Cc1cc(F)ccc1[C@@H]1CN(C(=O)C2CCN(C(=O)C(N)=O)CC2)CC[C@H]1C(=O)N(C)Cc1cc(C(F)(F)F)cc(C(F)(F)F)c1. The lowest BCUT2D eigenvalue weighted by molar-refractivity contribution is -0.148. The maximum absolute atomic E-state index is 14.0. The highest BCUT2D eigenvalue weighted by Gasteiger charge is 2.41. The van der Waals surface area contributed by atoms with Gasteiger partial charge in [-0.25, -0.2) is 4.39 Å². The average Bonchev–Trinajstić information content (AvgIpc) is 2.98. The summed E-state index contributed by atoms with van der Waals surface area (Å²) in [5, 5.41) is 0. The van der Waals surface area contributed by atoms with Gasteiger partial charge in [-0.2, -0.15) is 26.3 Å². The molecule has 0 aromatic heterocycles. The maximum Gasteiger partial charge on any atom is 0.416 e. The smallest absolute Gasteiger partial charge is 0.361 e. The molecule has 8 nitrogen and oxygen atoms in total. The number of aryl methyl sites for hydroxylation is 1. The van der Waals surface area contributed by atoms with E-state index in [1.54, 1.807) is 11.8 Å². The van der Waals surface area contributed by atoms with Crippen LogP contribution >= 0.6 is 0 Å². The van der Waals surface area contributed by atoms with Gasteiger partial charge in [0.1, 0.15) is 5.82 Å². The topological polar surface area (TPSA) is 104 Å². The fourth-order valence-corrected chi connectivity index (χ4v) is 6.31. The van der Waals surface area contributed by atoms with Gasteiger partial charge in [0.2, 0.25) is 11.8 Å². The van der Waals surface area contributed by atoms with Gasteiger partial charge < -0.3 is 20.4 Å². The molecule has 15 heteroatoms. The Labute approximate surface area is 260 Å². The average molecular weight is 659 g/mol. The molecular weight excluding hydrogens is 625 g/mol. The van der Waals surface area contributed by atoms with E-state index in [-0.39, 0.29) is 63.0 Å². The molecule has 2 fully saturated rings. The molecule has 250 valence electrons. The van der Waals surface area contributed by atoms with Crippen molar-refractivity contribution in [3.63, 3.8) is 0 Å². The van der Waals surface area contributed by atoms with Gasteiger partial charge in [0.25, 0.3) is 0 Å². The van der Waals surface area contributed by atoms with Crippen LogP contribution in [0.4, 0.5) is 30.7 Å². The molecule has 0 spiro atoms. The van der Waals surface area contributed by atoms with Crippen LogP contribution in [0.2, 0.25) is 0 Å². The van der Waals surface area contributed by atoms with Crippen molar-refractivity contribution in [3.8, 4) is 0 Å². The van der Waals surface area contributed by atoms with Gasteiger partial charge in [-0.05, 0) is 73.2 Å². The summed E-state index contributed by atoms with van der Waals surface area (Å²) in [5.41, 5.74) is 2.81. The predicted molar refractivity (Wildman–Crippen MR) is 150 cm³/mol. The van der Waals surface area contributed by atoms with E-state index in [1.165, 1.54) is 30.1 Å². The molecule has 0 unspecified atom stereocenters. The van der Waals surface area contributed by atoms with E-state index in [4.69, 9.17) is 5.73 Å². The third-order valence-corrected chi connectivity index (χ3v) is 8.66. The fourth-order valence-electron chi connectivity index (χ4n) is 6.31. The molecular formula is C31H33F7N4O4. The minimum absolute atomic E-state index is 0.0187. The molecule has 4 rings (SSSR count). The minimum atomic E-state index is -5.04. The minimum Gasteiger partial charge on any atom is -0.361 e. The second-order valence-electron chi connectivity index (χ2n) is 11.8. The molecule has 2 aromatic rings. The van der Waals surface area contributed by atoms with Crippen LogP contribution in [0.15, 0.2) is 36.4 Å². The third kappa shape index (κ3) is 7.79. The number of rotatable bonds is 5. The van der Waals surface area contributed by atoms with Gasteiger partial charge in [0.05, 0.1) is 11.1 Å². The van der Waals surface area contributed by atoms with E-state index in [0.29, 0.717) is 23.3 Å². The molecule has 2 heterocycles. The molecule has 0 saturated carbocycles. The molecule has 2 aromatic carbocycles. The highest BCUT2D eigenvalue weighted by Crippen LogP contribution is 2.39. The molecule has 2 N–H and O–H groups in total. The van der Waals surface area contributed by atoms with Gasteiger partial charge in [-0.1, -0.05) is 6.07 Å². The van der Waals surface area contributed by atoms with Crippen molar-refractivity contribution >= 4 is 23.6 Å². The molecule has 46 heavy (non-hydrogen) atoms. The summed E-state index contributed by atoms with van der Waals surface area (Å²) in [6, 6.07) is 5.15. The number of primary amides is 1. The molecule has 2 aliphatic heterocycles. The molecule has 2 aliphatic rings. The van der Waals surface area contributed by atoms with Crippen LogP contribution in [-0.2, 0) is 38.1 Å². The zero-order valence-corrected chi connectivity index (χ0v) is 25.1. The Kier molecular flexibility index (Phi) is 10.0. The van der Waals surface area contributed by atoms with E-state index in [2.05, 4.69) is 0 Å². The Balaban J connectivity index is 1.56. The zero-order chi connectivity index (χ0) is 34.1. The van der Waals surface area contributed by atoms with Gasteiger partial charge in [-0.15, -0.1) is 0 Å². The lowest BCUT2D eigenvalue weighted by atomic mass is 9.77. The van der Waals surface area contributed by atoms with E-state index in [0.717, 1.165) is 4.90 Å². The summed E-state index contributed by atoms with van der Waals surface area (Å²) in [6.07, 6.45) is -9.38. The molecule has 0 aliphatic carbocycles. The van der Waals surface area contributed by atoms with Crippen LogP contribution in [0.3, 0.4) is 0 Å². The number of likely N-dealkylation sites (tertiary alicyclic amines) is 2. The molecule has 2 saturated heterocycles. The number of halogens is 7. The summed E-state index contributed by atoms with van der Waals surface area (Å²) >= 11 is 0. The highest BCUT2D eigenvalue weighted by molar-refractivity contribution is 6.34. The Morgan fingerprint density at radius 2 is 1.43 bits per heavy atom. The van der Waals surface area contributed by atoms with Crippen LogP contribution in [0.5, 0.6) is 0 Å². The Hall–Kier alpha value is -4.17. The number of amides is 4. The summed E-state index contributed by atoms with van der Waals surface area (Å²) in [4.78, 5) is 54.4. The van der Waals surface area contributed by atoms with Crippen LogP contribution in [-0.4, -0.2) is 71.6 Å². The number of hydrogen-bond donors (Lipinski definition) is 1.